The van der Waals surface area contributed by atoms with Gasteiger partial charge in [-0.1, -0.05) is 25.1 Å². The van der Waals surface area contributed by atoms with Gasteiger partial charge in [0.05, 0.1) is 13.4 Å². The topological polar surface area (TPSA) is 139 Å². The predicted molar refractivity (Wildman–Crippen MR) is 144 cm³/mol. The third-order valence-corrected chi connectivity index (χ3v) is 8.37. The van der Waals surface area contributed by atoms with E-state index in [-0.39, 0.29) is 18.3 Å². The van der Waals surface area contributed by atoms with Crippen molar-refractivity contribution < 1.29 is 27.7 Å². The number of benzene rings is 1. The van der Waals surface area contributed by atoms with Gasteiger partial charge in [-0.3, -0.25) is 9.36 Å². The number of fused-ring (bicyclic) bond motifs is 1. The van der Waals surface area contributed by atoms with Gasteiger partial charge in [-0.15, -0.1) is 0 Å². The summed E-state index contributed by atoms with van der Waals surface area (Å²) in [7, 11) is 4.89. The van der Waals surface area contributed by atoms with Crippen LogP contribution in [-0.2, 0) is 30.6 Å². The molecule has 5 atom stereocenters. The number of anilines is 2. The minimum absolute atomic E-state index is 0.00562. The molecule has 1 aliphatic rings. The van der Waals surface area contributed by atoms with Crippen molar-refractivity contribution in [3.05, 3.63) is 36.7 Å². The third kappa shape index (κ3) is 6.05. The number of carbonyl (C=O) groups is 1. The zero-order chi connectivity index (χ0) is 27.7. The Morgan fingerprint density at radius 1 is 1.39 bits per heavy atom. The van der Waals surface area contributed by atoms with Crippen molar-refractivity contribution in [2.45, 2.75) is 38.4 Å². The Kier molecular flexibility index (Phi) is 8.19. The number of nitrogens with one attached hydrogen (secondary N) is 1. The van der Waals surface area contributed by atoms with Gasteiger partial charge in [-0.25, -0.2) is 14.5 Å². The molecule has 0 bridgehead atoms. The first kappa shape index (κ1) is 28.1. The zero-order valence-electron chi connectivity index (χ0n) is 21.7. The van der Waals surface area contributed by atoms with E-state index in [4.69, 9.17) is 36.1 Å². The SMILES string of the molecule is COC(=O)[C@@H](C)NP(=S)(OC[C@]1(F)C[C@H](C)[C@H](n2cnc3c(N(C)C)nc(N)nc32)O1)Oc1ccccc1. The van der Waals surface area contributed by atoms with Crippen LogP contribution in [0.2, 0.25) is 0 Å². The Labute approximate surface area is 224 Å². The summed E-state index contributed by atoms with van der Waals surface area (Å²) >= 11 is 5.64. The number of hydrogen-bond acceptors (Lipinski definition) is 11. The number of hydrogen-bond donors (Lipinski definition) is 2. The number of para-hydroxylation sites is 1. The number of esters is 1. The van der Waals surface area contributed by atoms with Crippen LogP contribution in [0.25, 0.3) is 11.2 Å². The van der Waals surface area contributed by atoms with E-state index in [9.17, 15) is 4.79 Å². The minimum atomic E-state index is -3.42. The van der Waals surface area contributed by atoms with Gasteiger partial charge < -0.3 is 29.2 Å². The number of carbonyl (C=O) groups excluding carboxylic acids is 1. The normalized spacial score (nSPS) is 23.6. The zero-order valence-corrected chi connectivity index (χ0v) is 23.4. The Balaban J connectivity index is 1.55. The lowest BCUT2D eigenvalue weighted by Gasteiger charge is -2.29. The molecule has 4 rings (SSSR count). The van der Waals surface area contributed by atoms with Crippen LogP contribution >= 0.6 is 6.64 Å². The van der Waals surface area contributed by atoms with E-state index >= 15 is 4.39 Å². The lowest BCUT2D eigenvalue weighted by molar-refractivity contribution is -0.172. The molecule has 1 saturated heterocycles. The molecule has 15 heteroatoms. The predicted octanol–water partition coefficient (Wildman–Crippen LogP) is 3.17. The van der Waals surface area contributed by atoms with E-state index < -0.39 is 37.3 Å². The highest BCUT2D eigenvalue weighted by Crippen LogP contribution is 2.49. The van der Waals surface area contributed by atoms with Gasteiger partial charge in [0.15, 0.2) is 17.0 Å². The van der Waals surface area contributed by atoms with Crippen LogP contribution in [0, 0.1) is 5.92 Å². The van der Waals surface area contributed by atoms with Gasteiger partial charge in [0, 0.05) is 26.4 Å². The molecule has 3 heterocycles. The number of nitrogens with zero attached hydrogens (tertiary/aromatic N) is 5. The number of alkyl halides is 1. The van der Waals surface area contributed by atoms with Crippen molar-refractivity contribution in [1.29, 1.82) is 0 Å². The van der Waals surface area contributed by atoms with Crippen LogP contribution in [0.1, 0.15) is 26.5 Å². The first-order valence-electron chi connectivity index (χ1n) is 11.8. The number of rotatable bonds is 10. The summed E-state index contributed by atoms with van der Waals surface area (Å²) in [5, 5.41) is 2.86. The Hall–Kier alpha value is -2.90. The first-order chi connectivity index (χ1) is 17.9. The molecule has 0 amide bonds. The number of halogens is 1. The summed E-state index contributed by atoms with van der Waals surface area (Å²) in [5.74, 6) is -2.04. The lowest BCUT2D eigenvalue weighted by Crippen LogP contribution is -2.36. The second kappa shape index (κ2) is 11.1. The average molecular weight is 568 g/mol. The van der Waals surface area contributed by atoms with Crippen LogP contribution in [0.5, 0.6) is 5.75 Å². The smallest absolute Gasteiger partial charge is 0.323 e. The van der Waals surface area contributed by atoms with E-state index in [1.54, 1.807) is 40.7 Å². The van der Waals surface area contributed by atoms with Crippen LogP contribution < -0.4 is 20.2 Å². The summed E-state index contributed by atoms with van der Waals surface area (Å²) in [6.45, 7) is -0.552. The molecule has 1 fully saturated rings. The molecule has 1 aromatic carbocycles. The fourth-order valence-electron chi connectivity index (χ4n) is 4.16. The molecular formula is C23H31FN7O5PS. The second-order valence-corrected chi connectivity index (χ2v) is 12.4. The van der Waals surface area contributed by atoms with Gasteiger partial charge in [0.25, 0.3) is 0 Å². The fourth-order valence-corrected chi connectivity index (χ4v) is 6.57. The Bertz CT molecular complexity index is 1350. The van der Waals surface area contributed by atoms with E-state index in [1.807, 2.05) is 27.1 Å². The van der Waals surface area contributed by atoms with Crippen molar-refractivity contribution in [3.8, 4) is 5.75 Å². The quantitative estimate of drug-likeness (QED) is 0.275. The standard InChI is InChI=1S/C23H31FN7O5PS/c1-14-11-23(24,35-20(14)31-13-26-17-18(30(3)4)27-22(25)28-19(17)31)12-34-37(38,29-15(2)21(32)33-5)36-16-9-7-6-8-10-16/h6-10,13-15,20H,11-12H2,1-5H3,(H,29,38)(H2,25,27,28)/t14-,15+,20+,23-,37?/m0/s1. The highest BCUT2D eigenvalue weighted by molar-refractivity contribution is 8.09. The van der Waals surface area contributed by atoms with Gasteiger partial charge in [0.1, 0.15) is 24.6 Å². The number of nitrogens with two attached hydrogens (primary N) is 1. The summed E-state index contributed by atoms with van der Waals surface area (Å²) in [4.78, 5) is 26.8. The molecule has 0 aliphatic carbocycles. The van der Waals surface area contributed by atoms with E-state index in [1.165, 1.54) is 13.4 Å². The molecule has 3 aromatic rings. The molecule has 206 valence electrons. The fraction of sp³-hybridized carbons (Fsp3) is 0.478. The lowest BCUT2D eigenvalue weighted by atomic mass is 10.1. The van der Waals surface area contributed by atoms with Crippen molar-refractivity contribution >= 4 is 47.3 Å². The molecule has 0 spiro atoms. The van der Waals surface area contributed by atoms with Crippen LogP contribution in [-0.4, -0.2) is 65.2 Å². The summed E-state index contributed by atoms with van der Waals surface area (Å²) in [5.41, 5.74) is 6.86. The number of ether oxygens (including phenoxy) is 2. The average Bonchev–Trinajstić information content (AvgIpc) is 3.42. The van der Waals surface area contributed by atoms with Crippen molar-refractivity contribution in [3.63, 3.8) is 0 Å². The number of aromatic nitrogens is 4. The number of methoxy groups -OCH3 is 1. The maximum absolute atomic E-state index is 16.1. The Morgan fingerprint density at radius 2 is 2.11 bits per heavy atom. The highest BCUT2D eigenvalue weighted by Gasteiger charge is 2.48. The van der Waals surface area contributed by atoms with Gasteiger partial charge in [-0.2, -0.15) is 9.97 Å². The van der Waals surface area contributed by atoms with Crippen molar-refractivity contribution in [2.24, 2.45) is 5.92 Å². The van der Waals surface area contributed by atoms with Crippen molar-refractivity contribution in [1.82, 2.24) is 24.6 Å². The molecule has 0 saturated carbocycles. The second-order valence-electron chi connectivity index (χ2n) is 9.25. The molecule has 1 unspecified atom stereocenters. The summed E-state index contributed by atoms with van der Waals surface area (Å²) < 4.78 is 40.2. The minimum Gasteiger partial charge on any atom is -0.468 e. The summed E-state index contributed by atoms with van der Waals surface area (Å²) in [6.07, 6.45) is 0.793. The molecule has 2 aromatic heterocycles. The largest absolute Gasteiger partial charge is 0.468 e. The highest BCUT2D eigenvalue weighted by atomic mass is 32.5. The maximum Gasteiger partial charge on any atom is 0.323 e. The Morgan fingerprint density at radius 3 is 2.76 bits per heavy atom. The molecule has 12 nitrogen and oxygen atoms in total. The van der Waals surface area contributed by atoms with Crippen LogP contribution in [0.15, 0.2) is 36.7 Å². The molecule has 38 heavy (non-hydrogen) atoms. The molecule has 0 radical (unpaired) electrons. The number of imidazole rings is 1. The molecule has 3 N–H and O–H groups in total. The van der Waals surface area contributed by atoms with E-state index in [0.29, 0.717) is 22.7 Å². The van der Waals surface area contributed by atoms with E-state index in [2.05, 4.69) is 20.0 Å². The van der Waals surface area contributed by atoms with Crippen LogP contribution in [0.3, 0.4) is 0 Å². The monoisotopic (exact) mass is 567 g/mol. The maximum atomic E-state index is 16.1. The van der Waals surface area contributed by atoms with Gasteiger partial charge >= 0.3 is 12.6 Å². The number of nitrogen functional groups attached to an aromatic ring is 1. The first-order valence-corrected chi connectivity index (χ1v) is 14.5. The van der Waals surface area contributed by atoms with Gasteiger partial charge in [-0.05, 0) is 30.9 Å². The van der Waals surface area contributed by atoms with E-state index in [0.717, 1.165) is 0 Å². The van der Waals surface area contributed by atoms with Crippen molar-refractivity contribution in [2.75, 3.05) is 38.4 Å². The van der Waals surface area contributed by atoms with Crippen LogP contribution in [0.4, 0.5) is 16.2 Å². The third-order valence-electron chi connectivity index (χ3n) is 5.89. The van der Waals surface area contributed by atoms with Gasteiger partial charge in [0.2, 0.25) is 11.8 Å². The molecule has 1 aliphatic heterocycles. The molecular weight excluding hydrogens is 536 g/mol. The summed E-state index contributed by atoms with van der Waals surface area (Å²) in [6, 6.07) is 7.85.